The summed E-state index contributed by atoms with van der Waals surface area (Å²) < 4.78 is 0. The molecule has 4 nitrogen and oxygen atoms in total. The van der Waals surface area contributed by atoms with Crippen LogP contribution in [0.5, 0.6) is 0 Å². The van der Waals surface area contributed by atoms with E-state index in [1.807, 2.05) is 33.0 Å². The van der Waals surface area contributed by atoms with Gasteiger partial charge in [-0.15, -0.1) is 5.10 Å². The van der Waals surface area contributed by atoms with E-state index in [4.69, 9.17) is 5.73 Å². The van der Waals surface area contributed by atoms with Crippen molar-refractivity contribution in [2.45, 2.75) is 52.0 Å². The summed E-state index contributed by atoms with van der Waals surface area (Å²) in [6.07, 6.45) is 0.923. The molecule has 1 aromatic heterocycles. The molecule has 2 N–H and O–H groups in total. The minimum absolute atomic E-state index is 0.0450. The topological polar surface area (TPSA) is 55.0 Å². The van der Waals surface area contributed by atoms with E-state index in [2.05, 4.69) is 35.9 Å². The number of nitrogens with two attached hydrogens (primary N) is 1. The maximum Gasteiger partial charge on any atom is 0.150 e. The van der Waals surface area contributed by atoms with E-state index in [0.717, 1.165) is 24.5 Å². The van der Waals surface area contributed by atoms with Gasteiger partial charge < -0.3 is 10.6 Å². The van der Waals surface area contributed by atoms with Crippen LogP contribution in [-0.2, 0) is 5.41 Å². The summed E-state index contributed by atoms with van der Waals surface area (Å²) >= 11 is 0. The lowest BCUT2D eigenvalue weighted by molar-refractivity contribution is 0.477. The van der Waals surface area contributed by atoms with Crippen LogP contribution in [-0.4, -0.2) is 29.3 Å². The molecule has 0 aliphatic rings. The van der Waals surface area contributed by atoms with Crippen molar-refractivity contribution in [3.8, 4) is 0 Å². The Morgan fingerprint density at radius 1 is 1.11 bits per heavy atom. The predicted molar refractivity (Wildman–Crippen MR) is 76.9 cm³/mol. The summed E-state index contributed by atoms with van der Waals surface area (Å²) in [5, 5.41) is 8.57. The minimum atomic E-state index is -0.146. The molecule has 1 heterocycles. The zero-order chi connectivity index (χ0) is 14.0. The van der Waals surface area contributed by atoms with E-state index in [9.17, 15) is 0 Å². The molecule has 0 atom stereocenters. The molecule has 0 aliphatic carbocycles. The van der Waals surface area contributed by atoms with Crippen molar-refractivity contribution in [3.63, 3.8) is 0 Å². The molecule has 0 bridgehead atoms. The first-order chi connectivity index (χ1) is 8.09. The number of hydrogen-bond donors (Lipinski definition) is 1. The highest BCUT2D eigenvalue weighted by Crippen LogP contribution is 2.20. The van der Waals surface area contributed by atoms with E-state index in [1.54, 1.807) is 0 Å². The van der Waals surface area contributed by atoms with Crippen molar-refractivity contribution >= 4 is 5.82 Å². The molecule has 0 aliphatic heterocycles. The van der Waals surface area contributed by atoms with Gasteiger partial charge >= 0.3 is 0 Å². The van der Waals surface area contributed by atoms with E-state index < -0.39 is 0 Å². The zero-order valence-electron chi connectivity index (χ0n) is 12.5. The van der Waals surface area contributed by atoms with E-state index in [1.165, 1.54) is 0 Å². The molecule has 0 saturated carbocycles. The summed E-state index contributed by atoms with van der Waals surface area (Å²) in [6, 6.07) is 4.07. The number of nitrogens with zero attached hydrogens (tertiary/aromatic N) is 3. The van der Waals surface area contributed by atoms with Crippen LogP contribution < -0.4 is 10.6 Å². The second kappa shape index (κ2) is 5.22. The minimum Gasteiger partial charge on any atom is -0.358 e. The van der Waals surface area contributed by atoms with Gasteiger partial charge in [0.1, 0.15) is 0 Å². The molecule has 0 aromatic carbocycles. The normalized spacial score (nSPS) is 12.6. The van der Waals surface area contributed by atoms with Crippen LogP contribution in [0, 0.1) is 0 Å². The lowest BCUT2D eigenvalue weighted by Gasteiger charge is -2.24. The third kappa shape index (κ3) is 4.61. The van der Waals surface area contributed by atoms with Crippen LogP contribution >= 0.6 is 0 Å². The fourth-order valence-corrected chi connectivity index (χ4v) is 1.50. The molecule has 4 heteroatoms. The molecule has 102 valence electrons. The maximum atomic E-state index is 5.98. The highest BCUT2D eigenvalue weighted by Gasteiger charge is 2.17. The highest BCUT2D eigenvalue weighted by molar-refractivity contribution is 5.36. The van der Waals surface area contributed by atoms with Gasteiger partial charge in [0.25, 0.3) is 0 Å². The first-order valence-electron chi connectivity index (χ1n) is 6.44. The third-order valence-corrected chi connectivity index (χ3v) is 2.90. The molecule has 1 rings (SSSR count). The van der Waals surface area contributed by atoms with Gasteiger partial charge in [0.15, 0.2) is 5.82 Å². The SMILES string of the molecule is CN(CCC(C)(C)N)c1ccc(C(C)(C)C)nn1. The maximum absolute atomic E-state index is 5.98. The van der Waals surface area contributed by atoms with Crippen molar-refractivity contribution in [1.82, 2.24) is 10.2 Å². The third-order valence-electron chi connectivity index (χ3n) is 2.90. The van der Waals surface area contributed by atoms with Gasteiger partial charge in [-0.1, -0.05) is 20.8 Å². The predicted octanol–water partition coefficient (Wildman–Crippen LogP) is 2.34. The Bertz CT molecular complexity index is 370. The molecule has 0 unspecified atom stereocenters. The molecule has 0 fully saturated rings. The Labute approximate surface area is 111 Å². The highest BCUT2D eigenvalue weighted by atomic mass is 15.2. The number of hydrogen-bond acceptors (Lipinski definition) is 4. The van der Waals surface area contributed by atoms with Crippen LogP contribution in [0.2, 0.25) is 0 Å². The van der Waals surface area contributed by atoms with Gasteiger partial charge in [0.05, 0.1) is 5.69 Å². The van der Waals surface area contributed by atoms with Crippen molar-refractivity contribution < 1.29 is 0 Å². The van der Waals surface area contributed by atoms with Gasteiger partial charge in [-0.3, -0.25) is 0 Å². The summed E-state index contributed by atoms with van der Waals surface area (Å²) in [4.78, 5) is 2.09. The van der Waals surface area contributed by atoms with E-state index in [0.29, 0.717) is 0 Å². The average Bonchev–Trinajstić information content (AvgIpc) is 2.24. The summed E-state index contributed by atoms with van der Waals surface area (Å²) in [6.45, 7) is 11.4. The standard InChI is InChI=1S/C14H26N4/c1-13(2,3)11-7-8-12(17-16-11)18(6)10-9-14(4,5)15/h7-8H,9-10,15H2,1-6H3. The van der Waals surface area contributed by atoms with Crippen LogP contribution in [0.3, 0.4) is 0 Å². The zero-order valence-corrected chi connectivity index (χ0v) is 12.5. The number of rotatable bonds is 4. The smallest absolute Gasteiger partial charge is 0.150 e. The first kappa shape index (κ1) is 14.9. The number of aromatic nitrogens is 2. The van der Waals surface area contributed by atoms with Crippen molar-refractivity contribution in [1.29, 1.82) is 0 Å². The Hall–Kier alpha value is -1.16. The van der Waals surface area contributed by atoms with Crippen LogP contribution in [0.15, 0.2) is 12.1 Å². The van der Waals surface area contributed by atoms with Crippen molar-refractivity contribution in [2.75, 3.05) is 18.5 Å². The lowest BCUT2D eigenvalue weighted by atomic mass is 9.92. The Kier molecular flexibility index (Phi) is 4.32. The Morgan fingerprint density at radius 3 is 2.11 bits per heavy atom. The molecule has 1 aromatic rings. The van der Waals surface area contributed by atoms with Gasteiger partial charge in [-0.05, 0) is 32.4 Å². The van der Waals surface area contributed by atoms with Crippen LogP contribution in [0.4, 0.5) is 5.82 Å². The van der Waals surface area contributed by atoms with Crippen LogP contribution in [0.25, 0.3) is 0 Å². The molecule has 0 saturated heterocycles. The van der Waals surface area contributed by atoms with Gasteiger partial charge in [-0.25, -0.2) is 0 Å². The summed E-state index contributed by atoms with van der Waals surface area (Å²) in [5.41, 5.74) is 6.89. The van der Waals surface area contributed by atoms with Crippen LogP contribution in [0.1, 0.15) is 46.7 Å². The molecule has 18 heavy (non-hydrogen) atoms. The monoisotopic (exact) mass is 250 g/mol. The second-order valence-corrected chi connectivity index (χ2v) is 6.69. The molecule has 0 amide bonds. The van der Waals surface area contributed by atoms with Crippen molar-refractivity contribution in [2.24, 2.45) is 5.73 Å². The lowest BCUT2D eigenvalue weighted by Crippen LogP contribution is -2.36. The number of anilines is 1. The molecule has 0 radical (unpaired) electrons. The summed E-state index contributed by atoms with van der Waals surface area (Å²) in [7, 11) is 2.02. The molecule has 0 spiro atoms. The summed E-state index contributed by atoms with van der Waals surface area (Å²) in [5.74, 6) is 0.896. The average molecular weight is 250 g/mol. The first-order valence-corrected chi connectivity index (χ1v) is 6.44. The Morgan fingerprint density at radius 2 is 1.72 bits per heavy atom. The largest absolute Gasteiger partial charge is 0.358 e. The quantitative estimate of drug-likeness (QED) is 0.891. The molecular weight excluding hydrogens is 224 g/mol. The van der Waals surface area contributed by atoms with Crippen molar-refractivity contribution in [3.05, 3.63) is 17.8 Å². The van der Waals surface area contributed by atoms with E-state index in [-0.39, 0.29) is 11.0 Å². The van der Waals surface area contributed by atoms with Gasteiger partial charge in [0.2, 0.25) is 0 Å². The fourth-order valence-electron chi connectivity index (χ4n) is 1.50. The van der Waals surface area contributed by atoms with E-state index >= 15 is 0 Å². The van der Waals surface area contributed by atoms with Gasteiger partial charge in [0, 0.05) is 24.5 Å². The second-order valence-electron chi connectivity index (χ2n) is 6.69. The molecular formula is C14H26N4. The fraction of sp³-hybridized carbons (Fsp3) is 0.714. The van der Waals surface area contributed by atoms with Gasteiger partial charge in [-0.2, -0.15) is 5.10 Å². The Balaban J connectivity index is 2.68.